The fraction of sp³-hybridized carbons (Fsp3) is 0.960. The van der Waals surface area contributed by atoms with Crippen molar-refractivity contribution in [2.24, 2.45) is 5.92 Å². The molecule has 0 aliphatic carbocycles. The number of rotatable bonds is 18. The van der Waals surface area contributed by atoms with Crippen LogP contribution in [0, 0.1) is 5.92 Å². The van der Waals surface area contributed by atoms with Crippen molar-refractivity contribution < 1.29 is 4.58 Å². The summed E-state index contributed by atoms with van der Waals surface area (Å²) in [6, 6.07) is 0. The van der Waals surface area contributed by atoms with Gasteiger partial charge in [0, 0.05) is 0 Å². The molecule has 28 heavy (non-hydrogen) atoms. The third kappa shape index (κ3) is 12.7. The summed E-state index contributed by atoms with van der Waals surface area (Å²) < 4.78 is 2.69. The third-order valence-electron chi connectivity index (χ3n) is 5.82. The minimum Gasteiger partial charge on any atom is -0.278 e. The molecule has 0 aromatic heterocycles. The second-order valence-electron chi connectivity index (χ2n) is 8.51. The first-order chi connectivity index (χ1) is 13.7. The second-order valence-corrected chi connectivity index (χ2v) is 8.51. The molecule has 0 aromatic carbocycles. The zero-order chi connectivity index (χ0) is 21.0. The predicted octanol–water partition coefficient (Wildman–Crippen LogP) is 6.66. The van der Waals surface area contributed by atoms with Gasteiger partial charge in [0.1, 0.15) is 0 Å². The van der Waals surface area contributed by atoms with Crippen LogP contribution in [0.25, 0.3) is 0 Å². The highest BCUT2D eigenvalue weighted by molar-refractivity contribution is 5.75. The highest BCUT2D eigenvalue weighted by Gasteiger charge is 2.23. The average Bonchev–Trinajstić information content (AvgIpc) is 2.72. The van der Waals surface area contributed by atoms with E-state index in [1.165, 1.54) is 109 Å². The Labute approximate surface area is 178 Å². The molecule has 1 atom stereocenters. The van der Waals surface area contributed by atoms with Crippen molar-refractivity contribution in [3.8, 4) is 0 Å². The lowest BCUT2D eigenvalue weighted by molar-refractivity contribution is -0.536. The average molecular weight is 397 g/mol. The van der Waals surface area contributed by atoms with E-state index in [2.05, 4.69) is 56.3 Å². The molecule has 0 amide bonds. The molecule has 3 nitrogen and oxygen atoms in total. The van der Waals surface area contributed by atoms with Crippen LogP contribution in [0.15, 0.2) is 0 Å². The van der Waals surface area contributed by atoms with E-state index in [1.54, 1.807) is 0 Å². The van der Waals surface area contributed by atoms with Crippen LogP contribution in [-0.2, 0) is 0 Å². The molecule has 0 spiro atoms. The van der Waals surface area contributed by atoms with Gasteiger partial charge in [-0.05, 0) is 38.0 Å². The van der Waals surface area contributed by atoms with Crippen LogP contribution < -0.4 is 5.32 Å². The maximum absolute atomic E-state index is 3.98. The lowest BCUT2D eigenvalue weighted by Crippen LogP contribution is -2.50. The lowest BCUT2D eigenvalue weighted by Gasteiger charge is -2.26. The van der Waals surface area contributed by atoms with Gasteiger partial charge >= 0.3 is 5.96 Å². The first-order valence-electron chi connectivity index (χ1n) is 12.8. The van der Waals surface area contributed by atoms with Gasteiger partial charge in [-0.1, -0.05) is 86.5 Å². The molecule has 3 heteroatoms. The Hall–Kier alpha value is -0.730. The Kier molecular flexibility index (Phi) is 19.1. The molecular weight excluding hydrogens is 342 g/mol. The smallest absolute Gasteiger partial charge is 0.278 e. The lowest BCUT2D eigenvalue weighted by atomic mass is 9.99. The van der Waals surface area contributed by atoms with Gasteiger partial charge in [0.2, 0.25) is 0 Å². The Morgan fingerprint density at radius 2 is 1.21 bits per heavy atom. The molecule has 0 saturated carbocycles. The van der Waals surface area contributed by atoms with E-state index in [9.17, 15) is 0 Å². The van der Waals surface area contributed by atoms with Gasteiger partial charge in [-0.25, -0.2) is 0 Å². The molecule has 1 N–H and O–H groups in total. The Balaban J connectivity index is 5.52. The highest BCUT2D eigenvalue weighted by Crippen LogP contribution is 2.12. The minimum atomic E-state index is 0.799. The summed E-state index contributed by atoms with van der Waals surface area (Å²) in [6.45, 7) is 19.8. The minimum absolute atomic E-state index is 0.799. The molecule has 0 radical (unpaired) electrons. The summed E-state index contributed by atoms with van der Waals surface area (Å²) in [5.74, 6) is 2.24. The van der Waals surface area contributed by atoms with E-state index < -0.39 is 0 Å². The first kappa shape index (κ1) is 27.3. The normalized spacial score (nSPS) is 12.1. The van der Waals surface area contributed by atoms with Crippen LogP contribution in [-0.4, -0.2) is 48.2 Å². The van der Waals surface area contributed by atoms with E-state index in [-0.39, 0.29) is 0 Å². The van der Waals surface area contributed by atoms with Crippen molar-refractivity contribution in [2.75, 3.05) is 32.7 Å². The van der Waals surface area contributed by atoms with Gasteiger partial charge in [0.25, 0.3) is 0 Å². The number of nitrogens with one attached hydrogen (secondary N) is 1. The molecule has 0 saturated heterocycles. The van der Waals surface area contributed by atoms with Crippen molar-refractivity contribution in [1.82, 2.24) is 10.2 Å². The first-order valence-corrected chi connectivity index (χ1v) is 12.8. The number of unbranched alkanes of at least 4 members (excludes halogenated alkanes) is 5. The largest absolute Gasteiger partial charge is 0.348 e. The van der Waals surface area contributed by atoms with Crippen LogP contribution in [0.5, 0.6) is 0 Å². The van der Waals surface area contributed by atoms with Crippen molar-refractivity contribution >= 4 is 5.96 Å². The van der Waals surface area contributed by atoms with Crippen LogP contribution in [0.1, 0.15) is 119 Å². The maximum Gasteiger partial charge on any atom is 0.348 e. The molecule has 168 valence electrons. The summed E-state index contributed by atoms with van der Waals surface area (Å²) >= 11 is 0. The standard InChI is InChI=1S/C25H53N3/c1-7-13-18-24(12-6)23-26-25(27(19-14-8-2)20-15-9-3)28(21-16-10-4)22-17-11-5/h24H,7-23H2,1-6H3/p+1. The van der Waals surface area contributed by atoms with Crippen LogP contribution in [0.2, 0.25) is 0 Å². The Morgan fingerprint density at radius 3 is 1.64 bits per heavy atom. The molecule has 0 aliphatic heterocycles. The zero-order valence-electron chi connectivity index (χ0n) is 20.5. The van der Waals surface area contributed by atoms with Crippen molar-refractivity contribution in [1.29, 1.82) is 0 Å². The Bertz CT molecular complexity index is 347. The number of nitrogens with zero attached hydrogens (tertiary/aromatic N) is 2. The summed E-state index contributed by atoms with van der Waals surface area (Å²) in [5.41, 5.74) is 0. The van der Waals surface area contributed by atoms with Gasteiger partial charge in [0.15, 0.2) is 0 Å². The fourth-order valence-electron chi connectivity index (χ4n) is 3.65. The van der Waals surface area contributed by atoms with E-state index >= 15 is 0 Å². The molecule has 0 rings (SSSR count). The molecule has 0 aliphatic rings. The van der Waals surface area contributed by atoms with E-state index in [0.29, 0.717) is 0 Å². The molecular formula is C25H54N3+. The monoisotopic (exact) mass is 396 g/mol. The molecule has 0 heterocycles. The highest BCUT2D eigenvalue weighted by atomic mass is 15.3. The summed E-state index contributed by atoms with van der Waals surface area (Å²) in [5, 5.41) is 3.98. The number of hydrogen-bond acceptors (Lipinski definition) is 0. The molecule has 0 aromatic rings. The third-order valence-corrected chi connectivity index (χ3v) is 5.82. The summed E-state index contributed by atoms with van der Waals surface area (Å²) in [6.07, 6.45) is 15.6. The number of hydrogen-bond donors (Lipinski definition) is 1. The molecule has 0 bridgehead atoms. The summed E-state index contributed by atoms with van der Waals surface area (Å²) in [7, 11) is 0. The van der Waals surface area contributed by atoms with Gasteiger partial charge < -0.3 is 0 Å². The quantitative estimate of drug-likeness (QED) is 0.158. The number of guanidine groups is 1. The van der Waals surface area contributed by atoms with Crippen molar-refractivity contribution in [2.45, 2.75) is 119 Å². The van der Waals surface area contributed by atoms with Crippen LogP contribution in [0.4, 0.5) is 0 Å². The van der Waals surface area contributed by atoms with Crippen LogP contribution in [0.3, 0.4) is 0 Å². The maximum atomic E-state index is 3.98. The van der Waals surface area contributed by atoms with Gasteiger partial charge in [-0.15, -0.1) is 0 Å². The van der Waals surface area contributed by atoms with E-state index in [1.807, 2.05) is 0 Å². The van der Waals surface area contributed by atoms with Crippen molar-refractivity contribution in [3.63, 3.8) is 0 Å². The van der Waals surface area contributed by atoms with Gasteiger partial charge in [0.05, 0.1) is 32.7 Å². The molecule has 1 unspecified atom stereocenters. The van der Waals surface area contributed by atoms with E-state index in [4.69, 9.17) is 0 Å². The van der Waals surface area contributed by atoms with Gasteiger partial charge in [-0.2, -0.15) is 0 Å². The summed E-state index contributed by atoms with van der Waals surface area (Å²) in [4.78, 5) is 2.69. The topological polar surface area (TPSA) is 18.3 Å². The van der Waals surface area contributed by atoms with E-state index in [0.717, 1.165) is 12.5 Å². The van der Waals surface area contributed by atoms with Crippen molar-refractivity contribution in [3.05, 3.63) is 0 Å². The SMILES string of the molecule is CCCCC(CC)CNC(N(CCCC)CCCC)=[N+](CCCC)CCCC. The van der Waals surface area contributed by atoms with Crippen LogP contribution >= 0.6 is 0 Å². The predicted molar refractivity (Wildman–Crippen MR) is 128 cm³/mol. The zero-order valence-corrected chi connectivity index (χ0v) is 20.5. The molecule has 0 fully saturated rings. The van der Waals surface area contributed by atoms with Gasteiger partial charge in [-0.3, -0.25) is 14.8 Å². The Morgan fingerprint density at radius 1 is 0.714 bits per heavy atom. The second kappa shape index (κ2) is 19.6. The fourth-order valence-corrected chi connectivity index (χ4v) is 3.65.